The number of benzene rings is 8. The number of hydrogen-bond acceptors (Lipinski definition) is 4. The lowest BCUT2D eigenvalue weighted by atomic mass is 9.85. The first kappa shape index (κ1) is 36.2. The molecule has 0 radical (unpaired) electrons. The number of fused-ring (bicyclic) bond motifs is 3. The van der Waals surface area contributed by atoms with Gasteiger partial charge < -0.3 is 4.90 Å². The van der Waals surface area contributed by atoms with Crippen molar-refractivity contribution in [2.45, 2.75) is 12.0 Å². The van der Waals surface area contributed by atoms with Crippen LogP contribution in [0.5, 0.6) is 0 Å². The molecule has 0 bridgehead atoms. The number of hydrogen-bond donors (Lipinski definition) is 0. The third-order valence-electron chi connectivity index (χ3n) is 11.8. The summed E-state index contributed by atoms with van der Waals surface area (Å²) in [6, 6.07) is 75.0. The molecule has 1 aliphatic carbocycles. The quantitative estimate of drug-likeness (QED) is 0.154. The molecule has 61 heavy (non-hydrogen) atoms. The first-order valence-corrected chi connectivity index (χ1v) is 20.9. The second-order valence-electron chi connectivity index (χ2n) is 15.6. The van der Waals surface area contributed by atoms with E-state index in [1.54, 1.807) is 0 Å². The Hall–Kier alpha value is -7.95. The molecule has 0 saturated heterocycles. The maximum atomic E-state index is 5.22. The van der Waals surface area contributed by atoms with Gasteiger partial charge in [0.15, 0.2) is 17.5 Å². The first-order valence-electron chi connectivity index (χ1n) is 20.9. The molecule has 11 rings (SSSR count). The van der Waals surface area contributed by atoms with E-state index >= 15 is 0 Å². The molecule has 0 fully saturated rings. The van der Waals surface area contributed by atoms with E-state index in [0.29, 0.717) is 17.5 Å². The second-order valence-corrected chi connectivity index (χ2v) is 15.6. The smallest absolute Gasteiger partial charge is 0.164 e. The Morgan fingerprint density at radius 2 is 0.787 bits per heavy atom. The van der Waals surface area contributed by atoms with Crippen LogP contribution in [0.15, 0.2) is 231 Å². The third-order valence-corrected chi connectivity index (χ3v) is 11.8. The van der Waals surface area contributed by atoms with Crippen LogP contribution in [0.1, 0.15) is 17.0 Å². The summed E-state index contributed by atoms with van der Waals surface area (Å²) in [4.78, 5) is 18.1. The summed E-state index contributed by atoms with van der Waals surface area (Å²) in [6.45, 7) is 0. The maximum absolute atomic E-state index is 5.22. The van der Waals surface area contributed by atoms with Gasteiger partial charge in [0.2, 0.25) is 0 Å². The highest BCUT2D eigenvalue weighted by atomic mass is 15.2. The first-order chi connectivity index (χ1) is 30.2. The zero-order valence-corrected chi connectivity index (χ0v) is 33.4. The molecule has 2 heterocycles. The molecule has 9 aromatic rings. The molecular formula is C57H40N4. The Balaban J connectivity index is 1.17. The van der Waals surface area contributed by atoms with Gasteiger partial charge in [-0.2, -0.15) is 0 Å². The van der Waals surface area contributed by atoms with E-state index in [1.165, 1.54) is 33.5 Å². The zero-order chi connectivity index (χ0) is 40.5. The predicted molar refractivity (Wildman–Crippen MR) is 251 cm³/mol. The molecular weight excluding hydrogens is 741 g/mol. The van der Waals surface area contributed by atoms with Gasteiger partial charge in [0.1, 0.15) is 0 Å². The van der Waals surface area contributed by atoms with Crippen molar-refractivity contribution in [2.75, 3.05) is 4.90 Å². The predicted octanol–water partition coefficient (Wildman–Crippen LogP) is 14.1. The van der Waals surface area contributed by atoms with E-state index in [1.807, 2.05) is 36.4 Å². The molecule has 0 spiro atoms. The molecule has 0 N–H and O–H groups in total. The topological polar surface area (TPSA) is 41.9 Å². The summed E-state index contributed by atoms with van der Waals surface area (Å²) in [5, 5.41) is 0. The standard InChI is InChI=1S/C57H40N4/c1-7-19-39(20-8-1)45-31-33-52-50(35-45)51-36-46(40-21-9-2-10-22-40)32-34-53(51)61(52)54-48(41-23-11-3-12-24-41)37-47(38-49(54)42-25-13-4-14-26-42)57-59-55(43-27-15-5-16-28-43)58-56(60-57)44-29-17-6-18-30-44/h1-38,50,52H. The fraction of sp³-hybridized carbons (Fsp3) is 0.0351. The third kappa shape index (κ3) is 6.84. The van der Waals surface area contributed by atoms with Crippen LogP contribution in [0.25, 0.3) is 73.1 Å². The minimum atomic E-state index is 0.0239. The van der Waals surface area contributed by atoms with Crippen LogP contribution in [-0.2, 0) is 0 Å². The Bertz CT molecular complexity index is 2940. The molecule has 2 unspecified atom stereocenters. The fourth-order valence-electron chi connectivity index (χ4n) is 8.93. The molecule has 1 aromatic heterocycles. The summed E-state index contributed by atoms with van der Waals surface area (Å²) in [7, 11) is 0. The van der Waals surface area contributed by atoms with Crippen LogP contribution in [0.4, 0.5) is 11.4 Å². The summed E-state index contributed by atoms with van der Waals surface area (Å²) in [6.07, 6.45) is 7.21. The van der Waals surface area contributed by atoms with Crippen molar-refractivity contribution in [2.24, 2.45) is 0 Å². The van der Waals surface area contributed by atoms with Gasteiger partial charge in [0, 0.05) is 39.4 Å². The van der Waals surface area contributed by atoms with Crippen LogP contribution in [0.2, 0.25) is 0 Å². The van der Waals surface area contributed by atoms with E-state index in [0.717, 1.165) is 44.6 Å². The van der Waals surface area contributed by atoms with E-state index in [4.69, 9.17) is 15.0 Å². The van der Waals surface area contributed by atoms with Gasteiger partial charge in [0.25, 0.3) is 0 Å². The monoisotopic (exact) mass is 780 g/mol. The Morgan fingerprint density at radius 1 is 0.361 bits per heavy atom. The summed E-state index contributed by atoms with van der Waals surface area (Å²) >= 11 is 0. The number of nitrogens with zero attached hydrogens (tertiary/aromatic N) is 4. The van der Waals surface area contributed by atoms with Gasteiger partial charge in [-0.25, -0.2) is 15.0 Å². The Kier molecular flexibility index (Phi) is 9.29. The van der Waals surface area contributed by atoms with Crippen molar-refractivity contribution in [1.82, 2.24) is 15.0 Å². The fourth-order valence-corrected chi connectivity index (χ4v) is 8.93. The average Bonchev–Trinajstić information content (AvgIpc) is 3.67. The molecule has 288 valence electrons. The van der Waals surface area contributed by atoms with Crippen molar-refractivity contribution in [1.29, 1.82) is 0 Å². The van der Waals surface area contributed by atoms with Crippen LogP contribution < -0.4 is 4.90 Å². The van der Waals surface area contributed by atoms with Crippen molar-refractivity contribution in [3.05, 3.63) is 242 Å². The molecule has 0 amide bonds. The normalized spacial score (nSPS) is 15.2. The van der Waals surface area contributed by atoms with Crippen LogP contribution >= 0.6 is 0 Å². The number of rotatable bonds is 8. The van der Waals surface area contributed by atoms with Crippen LogP contribution in [0.3, 0.4) is 0 Å². The Morgan fingerprint density at radius 3 is 1.28 bits per heavy atom. The Labute approximate surface area is 356 Å². The minimum Gasteiger partial charge on any atom is -0.332 e. The van der Waals surface area contributed by atoms with E-state index in [9.17, 15) is 0 Å². The highest BCUT2D eigenvalue weighted by Gasteiger charge is 2.41. The molecule has 2 aliphatic rings. The summed E-state index contributed by atoms with van der Waals surface area (Å²) < 4.78 is 0. The second kappa shape index (κ2) is 15.7. The molecule has 4 heteroatoms. The van der Waals surface area contributed by atoms with Crippen LogP contribution in [0, 0.1) is 0 Å². The molecule has 0 saturated carbocycles. The molecule has 8 aromatic carbocycles. The number of allylic oxidation sites excluding steroid dienone is 2. The van der Waals surface area contributed by atoms with Gasteiger partial charge in [0.05, 0.1) is 11.7 Å². The minimum absolute atomic E-state index is 0.0239. The highest BCUT2D eigenvalue weighted by molar-refractivity contribution is 5.99. The van der Waals surface area contributed by atoms with Gasteiger partial charge in [-0.1, -0.05) is 206 Å². The average molecular weight is 781 g/mol. The van der Waals surface area contributed by atoms with Gasteiger partial charge >= 0.3 is 0 Å². The SMILES string of the molecule is C1=CC2C(C=C1c1ccccc1)c1cc(-c3ccccc3)ccc1N2c1c(-c2ccccc2)cc(-c2nc(-c3ccccc3)nc(-c3ccccc3)n2)cc1-c1ccccc1. The number of anilines is 2. The summed E-state index contributed by atoms with van der Waals surface area (Å²) in [5.41, 5.74) is 15.8. The van der Waals surface area contributed by atoms with E-state index < -0.39 is 0 Å². The van der Waals surface area contributed by atoms with Gasteiger partial charge in [-0.15, -0.1) is 0 Å². The lowest BCUT2D eigenvalue weighted by Crippen LogP contribution is -2.30. The van der Waals surface area contributed by atoms with Crippen molar-refractivity contribution < 1.29 is 0 Å². The number of aromatic nitrogens is 3. The molecule has 4 nitrogen and oxygen atoms in total. The van der Waals surface area contributed by atoms with E-state index in [2.05, 4.69) is 199 Å². The van der Waals surface area contributed by atoms with E-state index in [-0.39, 0.29) is 12.0 Å². The van der Waals surface area contributed by atoms with Crippen molar-refractivity contribution in [3.63, 3.8) is 0 Å². The molecule has 2 atom stereocenters. The lowest BCUT2D eigenvalue weighted by molar-refractivity contribution is 0.748. The lowest BCUT2D eigenvalue weighted by Gasteiger charge is -2.33. The van der Waals surface area contributed by atoms with Crippen molar-refractivity contribution in [3.8, 4) is 67.5 Å². The highest BCUT2D eigenvalue weighted by Crippen LogP contribution is 2.55. The summed E-state index contributed by atoms with van der Waals surface area (Å²) in [5.74, 6) is 2.00. The maximum Gasteiger partial charge on any atom is 0.164 e. The van der Waals surface area contributed by atoms with Gasteiger partial charge in [-0.3, -0.25) is 0 Å². The molecule has 1 aliphatic heterocycles. The largest absolute Gasteiger partial charge is 0.332 e. The van der Waals surface area contributed by atoms with Crippen LogP contribution in [-0.4, -0.2) is 21.0 Å². The zero-order valence-electron chi connectivity index (χ0n) is 33.4. The van der Waals surface area contributed by atoms with Gasteiger partial charge in [-0.05, 0) is 63.2 Å². The van der Waals surface area contributed by atoms with Crippen molar-refractivity contribution >= 4 is 16.9 Å².